The Morgan fingerprint density at radius 2 is 2.10 bits per heavy atom. The van der Waals surface area contributed by atoms with Crippen LogP contribution >= 0.6 is 0 Å². The lowest BCUT2D eigenvalue weighted by molar-refractivity contribution is 0.385. The van der Waals surface area contributed by atoms with Crippen LogP contribution in [0.1, 0.15) is 24.4 Å². The predicted molar refractivity (Wildman–Crippen MR) is 83.0 cm³/mol. The van der Waals surface area contributed by atoms with Crippen LogP contribution in [0.2, 0.25) is 0 Å². The van der Waals surface area contributed by atoms with Crippen molar-refractivity contribution in [3.63, 3.8) is 0 Å². The molecule has 0 fully saturated rings. The second-order valence-electron chi connectivity index (χ2n) is 4.80. The minimum atomic E-state index is 0.120. The molecule has 5 heteroatoms. The molecule has 1 aromatic carbocycles. The van der Waals surface area contributed by atoms with Gasteiger partial charge < -0.3 is 19.4 Å². The van der Waals surface area contributed by atoms with Crippen molar-refractivity contribution in [1.29, 1.82) is 0 Å². The van der Waals surface area contributed by atoms with Crippen molar-refractivity contribution in [2.75, 3.05) is 21.3 Å². The molecular weight excluding hydrogens is 266 g/mol. The second kappa shape index (κ2) is 7.13. The number of ether oxygens (including phenoxy) is 2. The molecule has 21 heavy (non-hydrogen) atoms. The summed E-state index contributed by atoms with van der Waals surface area (Å²) in [6.45, 7) is 2.91. The van der Waals surface area contributed by atoms with Crippen molar-refractivity contribution in [3.05, 3.63) is 42.0 Å². The van der Waals surface area contributed by atoms with Crippen molar-refractivity contribution in [1.82, 2.24) is 14.9 Å². The number of hydrogen-bond acceptors (Lipinski definition) is 4. The monoisotopic (exact) mass is 289 g/mol. The van der Waals surface area contributed by atoms with E-state index in [1.807, 2.05) is 37.6 Å². The molecule has 1 atom stereocenters. The summed E-state index contributed by atoms with van der Waals surface area (Å²) in [5.41, 5.74) is 1.08. The van der Waals surface area contributed by atoms with Crippen LogP contribution in [0, 0.1) is 0 Å². The van der Waals surface area contributed by atoms with E-state index >= 15 is 0 Å². The van der Waals surface area contributed by atoms with Gasteiger partial charge in [0.25, 0.3) is 0 Å². The molecule has 114 valence electrons. The molecule has 5 nitrogen and oxygen atoms in total. The van der Waals surface area contributed by atoms with Crippen LogP contribution in [0.15, 0.2) is 30.6 Å². The number of imidazole rings is 1. The summed E-state index contributed by atoms with van der Waals surface area (Å²) in [7, 11) is 5.31. The van der Waals surface area contributed by atoms with Gasteiger partial charge in [0.1, 0.15) is 17.3 Å². The molecule has 0 radical (unpaired) electrons. The first kappa shape index (κ1) is 15.4. The van der Waals surface area contributed by atoms with E-state index < -0.39 is 0 Å². The first-order chi connectivity index (χ1) is 10.2. The maximum atomic E-state index is 5.48. The smallest absolute Gasteiger partial charge is 0.123 e. The zero-order valence-corrected chi connectivity index (χ0v) is 13.1. The molecule has 0 saturated heterocycles. The minimum absolute atomic E-state index is 0.120. The quantitative estimate of drug-likeness (QED) is 0.850. The lowest BCUT2D eigenvalue weighted by Crippen LogP contribution is -2.23. The maximum Gasteiger partial charge on any atom is 0.123 e. The van der Waals surface area contributed by atoms with Gasteiger partial charge in [-0.1, -0.05) is 6.92 Å². The number of hydrogen-bond donors (Lipinski definition) is 1. The Morgan fingerprint density at radius 3 is 2.71 bits per heavy atom. The summed E-state index contributed by atoms with van der Waals surface area (Å²) >= 11 is 0. The number of methoxy groups -OCH3 is 2. The Labute approximate surface area is 125 Å². The van der Waals surface area contributed by atoms with Crippen LogP contribution in [0.4, 0.5) is 0 Å². The van der Waals surface area contributed by atoms with Gasteiger partial charge in [-0.15, -0.1) is 0 Å². The number of nitrogens with one attached hydrogen (secondary N) is 1. The SMILES string of the molecule is CCc1nccn1CC(NC)c1cc(OC)ccc1OC. The third-order valence-electron chi connectivity index (χ3n) is 3.66. The van der Waals surface area contributed by atoms with Crippen LogP contribution in [0.3, 0.4) is 0 Å². The Bertz CT molecular complexity index is 581. The first-order valence-electron chi connectivity index (χ1n) is 7.12. The van der Waals surface area contributed by atoms with Crippen molar-refractivity contribution in [3.8, 4) is 11.5 Å². The number of aryl methyl sites for hydroxylation is 1. The lowest BCUT2D eigenvalue weighted by atomic mass is 10.0. The largest absolute Gasteiger partial charge is 0.497 e. The van der Waals surface area contributed by atoms with Crippen molar-refractivity contribution < 1.29 is 9.47 Å². The molecule has 0 spiro atoms. The highest BCUT2D eigenvalue weighted by Gasteiger charge is 2.17. The molecule has 0 bridgehead atoms. The molecule has 0 saturated carbocycles. The predicted octanol–water partition coefficient (Wildman–Crippen LogP) is 2.42. The Balaban J connectivity index is 2.32. The van der Waals surface area contributed by atoms with E-state index in [9.17, 15) is 0 Å². The molecule has 0 amide bonds. The third kappa shape index (κ3) is 3.36. The fourth-order valence-electron chi connectivity index (χ4n) is 2.47. The van der Waals surface area contributed by atoms with Crippen LogP contribution in [-0.2, 0) is 13.0 Å². The number of aromatic nitrogens is 2. The van der Waals surface area contributed by atoms with E-state index in [4.69, 9.17) is 9.47 Å². The molecule has 2 rings (SSSR count). The maximum absolute atomic E-state index is 5.48. The highest BCUT2D eigenvalue weighted by molar-refractivity contribution is 5.42. The highest BCUT2D eigenvalue weighted by atomic mass is 16.5. The van der Waals surface area contributed by atoms with E-state index in [1.54, 1.807) is 14.2 Å². The van der Waals surface area contributed by atoms with Gasteiger partial charge in [-0.3, -0.25) is 0 Å². The molecular formula is C16H23N3O2. The fraction of sp³-hybridized carbons (Fsp3) is 0.438. The van der Waals surface area contributed by atoms with Gasteiger partial charge in [-0.25, -0.2) is 4.98 Å². The second-order valence-corrected chi connectivity index (χ2v) is 4.80. The van der Waals surface area contributed by atoms with Crippen LogP contribution in [0.5, 0.6) is 11.5 Å². The van der Waals surface area contributed by atoms with Crippen molar-refractivity contribution in [2.45, 2.75) is 25.9 Å². The standard InChI is InChI=1S/C16H23N3O2/c1-5-16-18-8-9-19(16)11-14(17-2)13-10-12(20-3)6-7-15(13)21-4/h6-10,14,17H,5,11H2,1-4H3. The van der Waals surface area contributed by atoms with E-state index in [-0.39, 0.29) is 6.04 Å². The number of nitrogens with zero attached hydrogens (tertiary/aromatic N) is 2. The topological polar surface area (TPSA) is 48.3 Å². The van der Waals surface area contributed by atoms with Gasteiger partial charge in [0.15, 0.2) is 0 Å². The Hall–Kier alpha value is -2.01. The van der Waals surface area contributed by atoms with Crippen LogP contribution < -0.4 is 14.8 Å². The summed E-state index contributed by atoms with van der Waals surface area (Å²) in [6.07, 6.45) is 4.77. The molecule has 1 aromatic heterocycles. The molecule has 0 aliphatic heterocycles. The van der Waals surface area contributed by atoms with Crippen LogP contribution in [-0.4, -0.2) is 30.8 Å². The number of likely N-dealkylation sites (N-methyl/N-ethyl adjacent to an activating group) is 1. The van der Waals surface area contributed by atoms with Gasteiger partial charge in [0, 0.05) is 30.9 Å². The van der Waals surface area contributed by atoms with Gasteiger partial charge >= 0.3 is 0 Å². The van der Waals surface area contributed by atoms with Crippen LogP contribution in [0.25, 0.3) is 0 Å². The first-order valence-corrected chi connectivity index (χ1v) is 7.12. The molecule has 0 aliphatic rings. The molecule has 1 N–H and O–H groups in total. The Morgan fingerprint density at radius 1 is 1.29 bits per heavy atom. The molecule has 1 heterocycles. The van der Waals surface area contributed by atoms with Gasteiger partial charge in [-0.2, -0.15) is 0 Å². The molecule has 1 unspecified atom stereocenters. The summed E-state index contributed by atoms with van der Waals surface area (Å²) in [5, 5.41) is 3.35. The average molecular weight is 289 g/mol. The van der Waals surface area contributed by atoms with E-state index in [0.29, 0.717) is 0 Å². The minimum Gasteiger partial charge on any atom is -0.497 e. The van der Waals surface area contributed by atoms with Crippen molar-refractivity contribution in [2.24, 2.45) is 0 Å². The number of rotatable bonds is 7. The average Bonchev–Trinajstić information content (AvgIpc) is 2.99. The Kier molecular flexibility index (Phi) is 5.22. The zero-order valence-electron chi connectivity index (χ0n) is 13.1. The summed E-state index contributed by atoms with van der Waals surface area (Å²) < 4.78 is 13.0. The molecule has 0 aliphatic carbocycles. The fourth-order valence-corrected chi connectivity index (χ4v) is 2.47. The number of benzene rings is 1. The highest BCUT2D eigenvalue weighted by Crippen LogP contribution is 2.30. The summed E-state index contributed by atoms with van der Waals surface area (Å²) in [4.78, 5) is 4.37. The summed E-state index contributed by atoms with van der Waals surface area (Å²) in [6, 6.07) is 5.98. The van der Waals surface area contributed by atoms with E-state index in [0.717, 1.165) is 35.9 Å². The third-order valence-corrected chi connectivity index (χ3v) is 3.66. The van der Waals surface area contributed by atoms with Gasteiger partial charge in [0.05, 0.1) is 20.3 Å². The van der Waals surface area contributed by atoms with E-state index in [2.05, 4.69) is 21.8 Å². The van der Waals surface area contributed by atoms with Crippen molar-refractivity contribution >= 4 is 0 Å². The van der Waals surface area contributed by atoms with Gasteiger partial charge in [-0.05, 0) is 25.2 Å². The lowest BCUT2D eigenvalue weighted by Gasteiger charge is -2.21. The normalized spacial score (nSPS) is 12.2. The van der Waals surface area contributed by atoms with E-state index in [1.165, 1.54) is 0 Å². The van der Waals surface area contributed by atoms with Gasteiger partial charge in [0.2, 0.25) is 0 Å². The zero-order chi connectivity index (χ0) is 15.2. The summed E-state index contributed by atoms with van der Waals surface area (Å²) in [5.74, 6) is 2.76. The molecule has 2 aromatic rings.